The van der Waals surface area contributed by atoms with Crippen molar-refractivity contribution in [2.75, 3.05) is 13.1 Å². The van der Waals surface area contributed by atoms with Gasteiger partial charge in [-0.2, -0.15) is 0 Å². The predicted octanol–water partition coefficient (Wildman–Crippen LogP) is 6.97. The number of nitrogens with one attached hydrogen (secondary N) is 2. The van der Waals surface area contributed by atoms with Crippen molar-refractivity contribution in [1.29, 1.82) is 0 Å². The summed E-state index contributed by atoms with van der Waals surface area (Å²) in [6, 6.07) is 23.7. The molecule has 3 aromatic carbocycles. The third-order valence-electron chi connectivity index (χ3n) is 7.49. The van der Waals surface area contributed by atoms with Crippen LogP contribution in [0.25, 0.3) is 11.1 Å². The Morgan fingerprint density at radius 1 is 0.974 bits per heavy atom. The van der Waals surface area contributed by atoms with Crippen LogP contribution in [0.2, 0.25) is 0 Å². The molecule has 5 rings (SSSR count). The van der Waals surface area contributed by atoms with Crippen LogP contribution in [0.5, 0.6) is 0 Å². The first-order valence-corrected chi connectivity index (χ1v) is 15.6. The fraction of sp³-hybridized carbons (Fsp3) is 0.303. The lowest BCUT2D eigenvalue weighted by Gasteiger charge is -2.35. The Morgan fingerprint density at radius 3 is 2.31 bits per heavy atom. The zero-order chi connectivity index (χ0) is 27.8. The second-order valence-corrected chi connectivity index (χ2v) is 12.9. The smallest absolute Gasteiger partial charge is 0.210 e. The van der Waals surface area contributed by atoms with Gasteiger partial charge in [-0.3, -0.25) is 9.52 Å². The SMILES string of the molecule is C=C1CN(C=O)[C@@H](c2ccccc2C)CN1.C=S(=C)(NC1CCCCC1)c1ccc(-c2ccccc2F)cc1. The monoisotopic (exact) mass is 545 g/mol. The van der Waals surface area contributed by atoms with E-state index < -0.39 is 9.39 Å². The number of hydrogen-bond acceptors (Lipinski definition) is 3. The molecule has 0 aromatic heterocycles. The summed E-state index contributed by atoms with van der Waals surface area (Å²) in [6.07, 6.45) is 7.26. The number of amides is 1. The van der Waals surface area contributed by atoms with Gasteiger partial charge in [0.2, 0.25) is 6.41 Å². The summed E-state index contributed by atoms with van der Waals surface area (Å²) in [5.74, 6) is 8.49. The normalized spacial score (nSPS) is 18.1. The highest BCUT2D eigenvalue weighted by Gasteiger charge is 2.24. The van der Waals surface area contributed by atoms with Crippen molar-refractivity contribution in [3.63, 3.8) is 0 Å². The minimum atomic E-state index is -1.51. The van der Waals surface area contributed by atoms with Gasteiger partial charge in [-0.15, -0.1) is 9.39 Å². The molecular weight excluding hydrogens is 505 g/mol. The van der Waals surface area contributed by atoms with Crippen LogP contribution < -0.4 is 10.0 Å². The minimum absolute atomic E-state index is 0.115. The number of halogens is 1. The summed E-state index contributed by atoms with van der Waals surface area (Å²) in [6.45, 7) is 7.25. The molecule has 2 N–H and O–H groups in total. The summed E-state index contributed by atoms with van der Waals surface area (Å²) < 4.78 is 17.6. The zero-order valence-corrected chi connectivity index (χ0v) is 23.7. The first kappa shape index (κ1) is 28.7. The molecular formula is C33H40FN3OS. The van der Waals surface area contributed by atoms with Crippen LogP contribution in [0.1, 0.15) is 49.3 Å². The first-order valence-electron chi connectivity index (χ1n) is 13.6. The number of hydrogen-bond donors (Lipinski definition) is 2. The lowest BCUT2D eigenvalue weighted by atomic mass is 9.96. The van der Waals surface area contributed by atoms with Crippen molar-refractivity contribution >= 4 is 27.5 Å². The van der Waals surface area contributed by atoms with Crippen molar-refractivity contribution in [2.24, 2.45) is 0 Å². The molecule has 39 heavy (non-hydrogen) atoms. The van der Waals surface area contributed by atoms with Crippen LogP contribution in [-0.2, 0) is 4.79 Å². The van der Waals surface area contributed by atoms with E-state index in [9.17, 15) is 9.18 Å². The third-order valence-corrected chi connectivity index (χ3v) is 9.45. The molecule has 206 valence electrons. The van der Waals surface area contributed by atoms with Crippen molar-refractivity contribution in [3.05, 3.63) is 102 Å². The molecule has 0 unspecified atom stereocenters. The second-order valence-electron chi connectivity index (χ2n) is 10.5. The molecule has 2 fully saturated rings. The number of benzene rings is 3. The lowest BCUT2D eigenvalue weighted by Crippen LogP contribution is -2.43. The molecule has 1 atom stereocenters. The Kier molecular flexibility index (Phi) is 9.65. The number of rotatable bonds is 6. The maximum absolute atomic E-state index is 13.9. The summed E-state index contributed by atoms with van der Waals surface area (Å²) in [7, 11) is -1.51. The van der Waals surface area contributed by atoms with E-state index in [1.54, 1.807) is 17.0 Å². The third kappa shape index (κ3) is 7.40. The Hall–Kier alpha value is -3.35. The van der Waals surface area contributed by atoms with E-state index >= 15 is 0 Å². The highest BCUT2D eigenvalue weighted by atomic mass is 32.2. The van der Waals surface area contributed by atoms with Gasteiger partial charge >= 0.3 is 0 Å². The van der Waals surface area contributed by atoms with Gasteiger partial charge in [-0.1, -0.05) is 92.2 Å². The summed E-state index contributed by atoms with van der Waals surface area (Å²) in [4.78, 5) is 14.0. The van der Waals surface area contributed by atoms with Crippen molar-refractivity contribution in [1.82, 2.24) is 14.9 Å². The molecule has 6 heteroatoms. The van der Waals surface area contributed by atoms with Gasteiger partial charge in [0, 0.05) is 28.7 Å². The van der Waals surface area contributed by atoms with E-state index in [1.165, 1.54) is 49.3 Å². The van der Waals surface area contributed by atoms with E-state index in [0.717, 1.165) is 29.1 Å². The molecule has 2 aliphatic rings. The molecule has 0 spiro atoms. The molecule has 1 amide bonds. The van der Waals surface area contributed by atoms with E-state index in [1.807, 2.05) is 42.5 Å². The van der Waals surface area contributed by atoms with Gasteiger partial charge in [-0.05, 0) is 54.7 Å². The molecule has 4 nitrogen and oxygen atoms in total. The largest absolute Gasteiger partial charge is 0.385 e. The Bertz CT molecular complexity index is 1380. The number of carbonyl (C=O) groups excluding carboxylic acids is 1. The van der Waals surface area contributed by atoms with Crippen molar-refractivity contribution in [2.45, 2.75) is 56.0 Å². The number of piperazine rings is 1. The van der Waals surface area contributed by atoms with Crippen molar-refractivity contribution in [3.8, 4) is 11.1 Å². The number of aryl methyl sites for hydroxylation is 1. The molecule has 0 bridgehead atoms. The Balaban J connectivity index is 0.000000193. The summed E-state index contributed by atoms with van der Waals surface area (Å²) >= 11 is 0. The van der Waals surface area contributed by atoms with Crippen LogP contribution in [0.15, 0.2) is 90.0 Å². The highest BCUT2D eigenvalue weighted by molar-refractivity contribution is 8.26. The van der Waals surface area contributed by atoms with E-state index in [-0.39, 0.29) is 11.9 Å². The second kappa shape index (κ2) is 13.1. The zero-order valence-electron chi connectivity index (χ0n) is 22.9. The topological polar surface area (TPSA) is 44.4 Å². The molecule has 1 aliphatic heterocycles. The van der Waals surface area contributed by atoms with Crippen LogP contribution in [0.4, 0.5) is 4.39 Å². The quantitative estimate of drug-likeness (QED) is 0.260. The molecule has 0 radical (unpaired) electrons. The Morgan fingerprint density at radius 2 is 1.64 bits per heavy atom. The van der Waals surface area contributed by atoms with Gasteiger partial charge in [0.1, 0.15) is 5.82 Å². The summed E-state index contributed by atoms with van der Waals surface area (Å²) in [5.41, 5.74) is 4.84. The van der Waals surface area contributed by atoms with E-state index in [4.69, 9.17) is 0 Å². The fourth-order valence-corrected chi connectivity index (χ4v) is 6.97. The molecule has 1 heterocycles. The van der Waals surface area contributed by atoms with Crippen LogP contribution in [0, 0.1) is 12.7 Å². The fourth-order valence-electron chi connectivity index (χ4n) is 5.30. The Labute approximate surface area is 233 Å². The van der Waals surface area contributed by atoms with Crippen LogP contribution in [-0.4, -0.2) is 42.2 Å². The highest BCUT2D eigenvalue weighted by Crippen LogP contribution is 2.33. The molecule has 3 aromatic rings. The average molecular weight is 546 g/mol. The standard InChI is InChI=1S/C20H24FNS.C13H16N2O/c1-23(2,22-17-8-4-3-5-9-17)18-14-12-16(13-15-18)19-10-6-7-11-20(19)21;1-10-5-3-4-6-12(10)13-7-14-11(2)8-15(13)9-16/h6-7,10-15,17,22H,1-5,8-9H2;3-6,9,13-14H,2,7-8H2,1H3/t;13-/m.1/s1. The number of carbonyl (C=O) groups is 1. The van der Waals surface area contributed by atoms with E-state index in [2.05, 4.69) is 47.4 Å². The van der Waals surface area contributed by atoms with Gasteiger partial charge in [0.15, 0.2) is 0 Å². The maximum Gasteiger partial charge on any atom is 0.210 e. The molecule has 1 saturated heterocycles. The van der Waals surface area contributed by atoms with E-state index in [0.29, 0.717) is 18.2 Å². The number of nitrogens with zero attached hydrogens (tertiary/aromatic N) is 1. The lowest BCUT2D eigenvalue weighted by molar-refractivity contribution is -0.120. The maximum atomic E-state index is 13.9. The van der Waals surface area contributed by atoms with Gasteiger partial charge in [0.25, 0.3) is 0 Å². The predicted molar refractivity (Wildman–Crippen MR) is 166 cm³/mol. The van der Waals surface area contributed by atoms with Crippen LogP contribution in [0.3, 0.4) is 0 Å². The van der Waals surface area contributed by atoms with Crippen LogP contribution >= 0.6 is 9.39 Å². The molecule has 1 saturated carbocycles. The van der Waals surface area contributed by atoms with Gasteiger partial charge < -0.3 is 10.2 Å². The average Bonchev–Trinajstić information content (AvgIpc) is 2.94. The first-order chi connectivity index (χ1) is 18.8. The van der Waals surface area contributed by atoms with Crippen molar-refractivity contribution < 1.29 is 9.18 Å². The van der Waals surface area contributed by atoms with Gasteiger partial charge in [0.05, 0.1) is 12.6 Å². The minimum Gasteiger partial charge on any atom is -0.385 e. The van der Waals surface area contributed by atoms with Gasteiger partial charge in [-0.25, -0.2) is 4.39 Å². The molecule has 1 aliphatic carbocycles. The summed E-state index contributed by atoms with van der Waals surface area (Å²) in [5, 5.41) is 3.23.